The second kappa shape index (κ2) is 4.13. The van der Waals surface area contributed by atoms with Crippen LogP contribution in [0.25, 0.3) is 0 Å². The van der Waals surface area contributed by atoms with Gasteiger partial charge in [0.15, 0.2) is 0 Å². The van der Waals surface area contributed by atoms with Crippen LogP contribution < -0.4 is 0 Å². The summed E-state index contributed by atoms with van der Waals surface area (Å²) < 4.78 is 0. The molecule has 0 aromatic rings. The lowest BCUT2D eigenvalue weighted by Gasteiger charge is -2.10. The Labute approximate surface area is 54.1 Å². The summed E-state index contributed by atoms with van der Waals surface area (Å²) in [6.07, 6.45) is -0.0785. The van der Waals surface area contributed by atoms with Crippen LogP contribution in [0.3, 0.4) is 0 Å². The number of halogens is 1. The van der Waals surface area contributed by atoms with Crippen molar-refractivity contribution in [1.82, 2.24) is 0 Å². The molecule has 0 radical (unpaired) electrons. The van der Waals surface area contributed by atoms with E-state index >= 15 is 0 Å². The maximum atomic E-state index is 8.74. The first-order valence-electron chi connectivity index (χ1n) is 2.65. The largest absolute Gasteiger partial charge is 0.394 e. The SMILES string of the molecule is CCC(Cl)C(O)CO. The van der Waals surface area contributed by atoms with Crippen LogP contribution in [-0.2, 0) is 0 Å². The lowest BCUT2D eigenvalue weighted by Crippen LogP contribution is -2.23. The van der Waals surface area contributed by atoms with Gasteiger partial charge in [0.05, 0.1) is 18.1 Å². The third-order valence-electron chi connectivity index (χ3n) is 0.995. The molecule has 0 heterocycles. The molecule has 0 fully saturated rings. The number of hydrogen-bond acceptors (Lipinski definition) is 2. The molecule has 50 valence electrons. The van der Waals surface area contributed by atoms with Crippen LogP contribution in [-0.4, -0.2) is 28.3 Å². The highest BCUT2D eigenvalue weighted by Crippen LogP contribution is 2.05. The van der Waals surface area contributed by atoms with E-state index in [-0.39, 0.29) is 12.0 Å². The third-order valence-corrected chi connectivity index (χ3v) is 1.59. The average molecular weight is 139 g/mol. The van der Waals surface area contributed by atoms with Crippen LogP contribution in [0.1, 0.15) is 13.3 Å². The van der Waals surface area contributed by atoms with E-state index in [1.165, 1.54) is 0 Å². The summed E-state index contributed by atoms with van der Waals surface area (Å²) in [4.78, 5) is 0. The van der Waals surface area contributed by atoms with E-state index in [0.717, 1.165) is 0 Å². The molecule has 2 N–H and O–H groups in total. The monoisotopic (exact) mass is 138 g/mol. The molecule has 2 atom stereocenters. The molecule has 0 bridgehead atoms. The van der Waals surface area contributed by atoms with Crippen molar-refractivity contribution in [2.45, 2.75) is 24.8 Å². The first-order valence-corrected chi connectivity index (χ1v) is 3.09. The van der Waals surface area contributed by atoms with Crippen molar-refractivity contribution in [2.75, 3.05) is 6.61 Å². The molecule has 3 heteroatoms. The van der Waals surface area contributed by atoms with Crippen LogP contribution in [0.5, 0.6) is 0 Å². The fourth-order valence-electron chi connectivity index (χ4n) is 0.386. The van der Waals surface area contributed by atoms with Crippen LogP contribution in [0.2, 0.25) is 0 Å². The maximum Gasteiger partial charge on any atom is 0.0933 e. The van der Waals surface area contributed by atoms with E-state index in [1.807, 2.05) is 6.92 Å². The summed E-state index contributed by atoms with van der Waals surface area (Å²) in [6.45, 7) is 1.61. The zero-order valence-corrected chi connectivity index (χ0v) is 5.60. The number of hydrogen-bond donors (Lipinski definition) is 2. The van der Waals surface area contributed by atoms with Gasteiger partial charge in [-0.3, -0.25) is 0 Å². The van der Waals surface area contributed by atoms with Gasteiger partial charge in [-0.25, -0.2) is 0 Å². The Balaban J connectivity index is 3.29. The van der Waals surface area contributed by atoms with E-state index in [4.69, 9.17) is 21.8 Å². The van der Waals surface area contributed by atoms with Gasteiger partial charge in [0.2, 0.25) is 0 Å². The van der Waals surface area contributed by atoms with Crippen molar-refractivity contribution in [3.8, 4) is 0 Å². The second-order valence-electron chi connectivity index (χ2n) is 1.67. The Morgan fingerprint density at radius 3 is 2.25 bits per heavy atom. The number of alkyl halides is 1. The fraction of sp³-hybridized carbons (Fsp3) is 1.00. The molecule has 0 aliphatic heterocycles. The molecule has 0 amide bonds. The van der Waals surface area contributed by atoms with E-state index in [0.29, 0.717) is 6.42 Å². The van der Waals surface area contributed by atoms with Crippen LogP contribution in [0.15, 0.2) is 0 Å². The van der Waals surface area contributed by atoms with E-state index < -0.39 is 6.10 Å². The molecule has 0 aliphatic carbocycles. The second-order valence-corrected chi connectivity index (χ2v) is 2.23. The molecular weight excluding hydrogens is 128 g/mol. The van der Waals surface area contributed by atoms with Crippen molar-refractivity contribution in [1.29, 1.82) is 0 Å². The minimum absolute atomic E-state index is 0.248. The van der Waals surface area contributed by atoms with Crippen LogP contribution in [0, 0.1) is 0 Å². The Kier molecular flexibility index (Phi) is 4.23. The predicted molar refractivity (Wildman–Crippen MR) is 33.0 cm³/mol. The van der Waals surface area contributed by atoms with Gasteiger partial charge in [0, 0.05) is 0 Å². The van der Waals surface area contributed by atoms with Gasteiger partial charge < -0.3 is 10.2 Å². The summed E-state index contributed by atoms with van der Waals surface area (Å²) >= 11 is 5.51. The zero-order valence-electron chi connectivity index (χ0n) is 4.84. The average Bonchev–Trinajstić information content (AvgIpc) is 1.84. The molecule has 0 saturated heterocycles. The normalized spacial score (nSPS) is 18.0. The quantitative estimate of drug-likeness (QED) is 0.553. The molecule has 0 rings (SSSR count). The molecule has 8 heavy (non-hydrogen) atoms. The first-order chi connectivity index (χ1) is 3.72. The minimum Gasteiger partial charge on any atom is -0.394 e. The molecular formula is C5H11ClO2. The van der Waals surface area contributed by atoms with Gasteiger partial charge in [-0.05, 0) is 6.42 Å². The summed E-state index contributed by atoms with van der Waals surface area (Å²) in [7, 11) is 0. The highest BCUT2D eigenvalue weighted by molar-refractivity contribution is 6.20. The van der Waals surface area contributed by atoms with Crippen molar-refractivity contribution in [2.24, 2.45) is 0 Å². The predicted octanol–water partition coefficient (Wildman–Crippen LogP) is 0.357. The summed E-state index contributed by atoms with van der Waals surface area (Å²) in [6, 6.07) is 0. The number of aliphatic hydroxyl groups excluding tert-OH is 2. The summed E-state index contributed by atoms with van der Waals surface area (Å²) in [5.74, 6) is 0. The topological polar surface area (TPSA) is 40.5 Å². The maximum absolute atomic E-state index is 8.74. The molecule has 0 saturated carbocycles. The third kappa shape index (κ3) is 2.50. The summed E-state index contributed by atoms with van der Waals surface area (Å²) in [5.41, 5.74) is 0. The first kappa shape index (κ1) is 8.21. The molecule has 0 spiro atoms. The Morgan fingerprint density at radius 1 is 1.62 bits per heavy atom. The van der Waals surface area contributed by atoms with Crippen LogP contribution in [0.4, 0.5) is 0 Å². The van der Waals surface area contributed by atoms with Gasteiger partial charge >= 0.3 is 0 Å². The van der Waals surface area contributed by atoms with Gasteiger partial charge in [-0.2, -0.15) is 0 Å². The van der Waals surface area contributed by atoms with Crippen molar-refractivity contribution < 1.29 is 10.2 Å². The molecule has 0 aliphatic rings. The van der Waals surface area contributed by atoms with Crippen LogP contribution >= 0.6 is 11.6 Å². The van der Waals surface area contributed by atoms with Crippen molar-refractivity contribution in [3.05, 3.63) is 0 Å². The number of aliphatic hydroxyl groups is 2. The summed E-state index contributed by atoms with van der Waals surface area (Å²) in [5, 5.41) is 16.7. The molecule has 0 aromatic heterocycles. The Morgan fingerprint density at radius 2 is 2.12 bits per heavy atom. The standard InChI is InChI=1S/C5H11ClO2/c1-2-4(6)5(8)3-7/h4-5,7-8H,2-3H2,1H3. The van der Waals surface area contributed by atoms with Crippen molar-refractivity contribution >= 4 is 11.6 Å². The highest BCUT2D eigenvalue weighted by Gasteiger charge is 2.11. The molecule has 2 unspecified atom stereocenters. The fourth-order valence-corrected chi connectivity index (χ4v) is 0.466. The lowest BCUT2D eigenvalue weighted by molar-refractivity contribution is 0.0907. The molecule has 2 nitrogen and oxygen atoms in total. The smallest absolute Gasteiger partial charge is 0.0933 e. The highest BCUT2D eigenvalue weighted by atomic mass is 35.5. The van der Waals surface area contributed by atoms with Gasteiger partial charge in [0.1, 0.15) is 0 Å². The van der Waals surface area contributed by atoms with Gasteiger partial charge in [-0.15, -0.1) is 11.6 Å². The van der Waals surface area contributed by atoms with E-state index in [1.54, 1.807) is 0 Å². The number of rotatable bonds is 3. The molecule has 0 aromatic carbocycles. The Hall–Kier alpha value is 0.210. The van der Waals surface area contributed by atoms with E-state index in [9.17, 15) is 0 Å². The minimum atomic E-state index is -0.762. The van der Waals surface area contributed by atoms with Crippen molar-refractivity contribution in [3.63, 3.8) is 0 Å². The van der Waals surface area contributed by atoms with Gasteiger partial charge in [0.25, 0.3) is 0 Å². The zero-order chi connectivity index (χ0) is 6.57. The van der Waals surface area contributed by atoms with Gasteiger partial charge in [-0.1, -0.05) is 6.92 Å². The Bertz CT molecular complexity index is 50.4. The van der Waals surface area contributed by atoms with E-state index in [2.05, 4.69) is 0 Å². The lowest BCUT2D eigenvalue weighted by atomic mass is 10.2.